The van der Waals surface area contributed by atoms with Crippen LogP contribution in [0.2, 0.25) is 0 Å². The van der Waals surface area contributed by atoms with Gasteiger partial charge in [-0.1, -0.05) is 80.1 Å². The number of hydrogen-bond acceptors (Lipinski definition) is 6. The summed E-state index contributed by atoms with van der Waals surface area (Å²) >= 11 is 0. The fourth-order valence-corrected chi connectivity index (χ4v) is 4.09. The molecule has 0 fully saturated rings. The van der Waals surface area contributed by atoms with Crippen molar-refractivity contribution in [3.63, 3.8) is 0 Å². The molecule has 0 aromatic carbocycles. The van der Waals surface area contributed by atoms with Crippen LogP contribution < -0.4 is 0 Å². The van der Waals surface area contributed by atoms with E-state index >= 15 is 0 Å². The molecular weight excluding hydrogens is 408 g/mol. The highest BCUT2D eigenvalue weighted by atomic mass is 17.2. The second kappa shape index (κ2) is 16.0. The predicted octanol–water partition coefficient (Wildman–Crippen LogP) is 6.68. The Morgan fingerprint density at radius 3 is 1.09 bits per heavy atom. The average molecular weight is 455 g/mol. The van der Waals surface area contributed by atoms with Gasteiger partial charge < -0.3 is 0 Å². The summed E-state index contributed by atoms with van der Waals surface area (Å²) in [7, 11) is 0. The first-order valence-corrected chi connectivity index (χ1v) is 12.8. The van der Waals surface area contributed by atoms with Crippen molar-refractivity contribution >= 4 is 23.5 Å². The van der Waals surface area contributed by atoms with E-state index < -0.39 is 22.8 Å². The number of rotatable bonds is 18. The second-order valence-electron chi connectivity index (χ2n) is 8.87. The van der Waals surface area contributed by atoms with Crippen LogP contribution in [0.5, 0.6) is 0 Å². The number of carbonyl (C=O) groups is 4. The summed E-state index contributed by atoms with van der Waals surface area (Å²) in [5.74, 6) is -1.96. The van der Waals surface area contributed by atoms with Gasteiger partial charge >= 0.3 is 11.9 Å². The third-order valence-electron chi connectivity index (χ3n) is 6.68. The minimum atomic E-state index is -1.31. The minimum absolute atomic E-state index is 0.164. The number of Topliss-reactive ketones (excluding diaryl/α,β-unsaturated/α-hetero) is 2. The van der Waals surface area contributed by atoms with Gasteiger partial charge in [-0.05, 0) is 38.5 Å². The van der Waals surface area contributed by atoms with Crippen molar-refractivity contribution in [1.82, 2.24) is 0 Å². The van der Waals surface area contributed by atoms with Crippen molar-refractivity contribution in [1.29, 1.82) is 0 Å². The van der Waals surface area contributed by atoms with Gasteiger partial charge in [-0.15, -0.1) is 0 Å². The molecular formula is C26H46O6. The molecule has 186 valence electrons. The van der Waals surface area contributed by atoms with Crippen LogP contribution in [0.25, 0.3) is 0 Å². The molecule has 6 nitrogen and oxygen atoms in total. The highest BCUT2D eigenvalue weighted by Crippen LogP contribution is 2.36. The number of hydrogen-bond donors (Lipinski definition) is 0. The van der Waals surface area contributed by atoms with Gasteiger partial charge in [0.2, 0.25) is 0 Å². The zero-order valence-electron chi connectivity index (χ0n) is 21.3. The van der Waals surface area contributed by atoms with Gasteiger partial charge in [0.25, 0.3) is 0 Å². The maximum atomic E-state index is 13.1. The molecule has 0 spiro atoms. The Hall–Kier alpha value is -1.72. The Labute approximate surface area is 195 Å². The van der Waals surface area contributed by atoms with E-state index in [1.165, 1.54) is 0 Å². The molecule has 32 heavy (non-hydrogen) atoms. The second-order valence-corrected chi connectivity index (χ2v) is 8.87. The summed E-state index contributed by atoms with van der Waals surface area (Å²) in [6.07, 6.45) is 8.03. The van der Waals surface area contributed by atoms with Gasteiger partial charge in [0, 0.05) is 12.8 Å². The first-order chi connectivity index (χ1) is 15.3. The van der Waals surface area contributed by atoms with E-state index in [0.29, 0.717) is 51.4 Å². The van der Waals surface area contributed by atoms with Crippen molar-refractivity contribution in [2.45, 2.75) is 131 Å². The molecule has 0 rings (SSSR count). The van der Waals surface area contributed by atoms with Gasteiger partial charge in [-0.2, -0.15) is 0 Å². The lowest BCUT2D eigenvalue weighted by Crippen LogP contribution is -2.44. The van der Waals surface area contributed by atoms with Gasteiger partial charge in [0.1, 0.15) is 22.4 Å². The Morgan fingerprint density at radius 2 is 0.844 bits per heavy atom. The Bertz CT molecular complexity index is 547. The van der Waals surface area contributed by atoms with Gasteiger partial charge in [0.05, 0.1) is 0 Å². The fourth-order valence-electron chi connectivity index (χ4n) is 4.09. The van der Waals surface area contributed by atoms with Crippen molar-refractivity contribution in [2.75, 3.05) is 0 Å². The lowest BCUT2D eigenvalue weighted by molar-refractivity contribution is -0.272. The summed E-state index contributed by atoms with van der Waals surface area (Å²) in [5, 5.41) is 0. The highest BCUT2D eigenvalue weighted by molar-refractivity contribution is 6.05. The zero-order chi connectivity index (χ0) is 24.6. The number of unbranched alkanes of at least 4 members (excludes halogenated alkanes) is 4. The number of ketones is 2. The fraction of sp³-hybridized carbons (Fsp3) is 0.846. The normalized spacial score (nSPS) is 14.8. The van der Waals surface area contributed by atoms with Crippen LogP contribution in [0.1, 0.15) is 131 Å². The van der Waals surface area contributed by atoms with Crippen molar-refractivity contribution < 1.29 is 29.0 Å². The molecule has 0 radical (unpaired) electrons. The topological polar surface area (TPSA) is 86.7 Å². The molecule has 0 aliphatic rings. The molecule has 0 aliphatic carbocycles. The lowest BCUT2D eigenvalue weighted by Gasteiger charge is -2.30. The largest absolute Gasteiger partial charge is 0.368 e. The van der Waals surface area contributed by atoms with E-state index in [9.17, 15) is 19.2 Å². The summed E-state index contributed by atoms with van der Waals surface area (Å²) in [5.41, 5.74) is -2.62. The first-order valence-electron chi connectivity index (χ1n) is 12.8. The SMILES string of the molecule is CCCCC(=O)C(CC)(CCCC)C(=O)OOC(=O)C(CC)(CCCC)C(=O)CCCC. The van der Waals surface area contributed by atoms with E-state index in [-0.39, 0.29) is 24.4 Å². The zero-order valence-corrected chi connectivity index (χ0v) is 21.3. The molecule has 2 unspecified atom stereocenters. The molecule has 6 heteroatoms. The summed E-state index contributed by atoms with van der Waals surface area (Å²) in [4.78, 5) is 62.2. The molecule has 0 saturated heterocycles. The van der Waals surface area contributed by atoms with Crippen molar-refractivity contribution in [3.05, 3.63) is 0 Å². The van der Waals surface area contributed by atoms with Crippen LogP contribution in [0, 0.1) is 10.8 Å². The van der Waals surface area contributed by atoms with Gasteiger partial charge in [-0.3, -0.25) is 9.59 Å². The van der Waals surface area contributed by atoms with E-state index in [1.807, 2.05) is 27.7 Å². The number of carbonyl (C=O) groups excluding carboxylic acids is 4. The quantitative estimate of drug-likeness (QED) is 0.130. The highest BCUT2D eigenvalue weighted by Gasteiger charge is 2.48. The molecule has 0 amide bonds. The van der Waals surface area contributed by atoms with E-state index in [0.717, 1.165) is 25.7 Å². The molecule has 0 saturated carbocycles. The van der Waals surface area contributed by atoms with Crippen LogP contribution in [-0.4, -0.2) is 23.5 Å². The molecule has 0 heterocycles. The molecule has 0 aliphatic heterocycles. The van der Waals surface area contributed by atoms with E-state index in [1.54, 1.807) is 13.8 Å². The first kappa shape index (κ1) is 30.3. The van der Waals surface area contributed by atoms with Crippen LogP contribution in [0.3, 0.4) is 0 Å². The van der Waals surface area contributed by atoms with E-state index in [2.05, 4.69) is 0 Å². The monoisotopic (exact) mass is 454 g/mol. The smallest absolute Gasteiger partial charge is 0.298 e. The molecule has 0 aromatic heterocycles. The lowest BCUT2D eigenvalue weighted by atomic mass is 9.74. The van der Waals surface area contributed by atoms with Gasteiger partial charge in [0.15, 0.2) is 0 Å². The van der Waals surface area contributed by atoms with Crippen molar-refractivity contribution in [2.24, 2.45) is 10.8 Å². The summed E-state index contributed by atoms with van der Waals surface area (Å²) < 4.78 is 0. The van der Waals surface area contributed by atoms with Crippen molar-refractivity contribution in [3.8, 4) is 0 Å². The Kier molecular flexibility index (Phi) is 15.1. The molecule has 0 bridgehead atoms. The van der Waals surface area contributed by atoms with Gasteiger partial charge in [-0.25, -0.2) is 19.4 Å². The molecule has 0 N–H and O–H groups in total. The minimum Gasteiger partial charge on any atom is -0.298 e. The molecule has 0 aromatic rings. The third kappa shape index (κ3) is 8.00. The third-order valence-corrected chi connectivity index (χ3v) is 6.68. The maximum Gasteiger partial charge on any atom is 0.368 e. The maximum absolute atomic E-state index is 13.1. The Morgan fingerprint density at radius 1 is 0.531 bits per heavy atom. The molecule has 2 atom stereocenters. The van der Waals surface area contributed by atoms with Crippen LogP contribution >= 0.6 is 0 Å². The summed E-state index contributed by atoms with van der Waals surface area (Å²) in [6, 6.07) is 0. The summed E-state index contributed by atoms with van der Waals surface area (Å²) in [6.45, 7) is 11.5. The standard InChI is InChI=1S/C26H46O6/c1-7-13-17-21(27)25(11-5,19-15-9-3)23(29)31-32-24(30)26(12-6,20-16-10-4)22(28)18-14-8-2/h7-20H2,1-6H3. The van der Waals surface area contributed by atoms with Crippen LogP contribution in [0.15, 0.2) is 0 Å². The van der Waals surface area contributed by atoms with Crippen LogP contribution in [0.4, 0.5) is 0 Å². The van der Waals surface area contributed by atoms with E-state index in [4.69, 9.17) is 9.78 Å². The predicted molar refractivity (Wildman–Crippen MR) is 126 cm³/mol. The van der Waals surface area contributed by atoms with Crippen LogP contribution in [-0.2, 0) is 29.0 Å². The Balaban J connectivity index is 5.65. The average Bonchev–Trinajstić information content (AvgIpc) is 2.81.